The van der Waals surface area contributed by atoms with Crippen LogP contribution in [0.4, 0.5) is 11.4 Å². The number of nitrogens with zero attached hydrogens (tertiary/aromatic N) is 4. The summed E-state index contributed by atoms with van der Waals surface area (Å²) >= 11 is 0. The second kappa shape index (κ2) is 8.71. The normalized spacial score (nSPS) is 11.1. The SMILES string of the molecule is Cc1nc2ccc(N(C)c3ccncc3)cc2c(=O)n1C(c1ccccc1)c1ccccc1. The van der Waals surface area contributed by atoms with Crippen molar-refractivity contribution in [2.75, 3.05) is 11.9 Å². The van der Waals surface area contributed by atoms with Gasteiger partial charge in [-0.2, -0.15) is 0 Å². The molecule has 5 heteroatoms. The molecule has 0 spiro atoms. The van der Waals surface area contributed by atoms with Crippen LogP contribution in [-0.4, -0.2) is 21.6 Å². The summed E-state index contributed by atoms with van der Waals surface area (Å²) in [5.74, 6) is 0.681. The van der Waals surface area contributed by atoms with Gasteiger partial charge in [-0.3, -0.25) is 14.3 Å². The van der Waals surface area contributed by atoms with Crippen molar-refractivity contribution >= 4 is 22.3 Å². The van der Waals surface area contributed by atoms with Crippen LogP contribution in [0.2, 0.25) is 0 Å². The van der Waals surface area contributed by atoms with Crippen LogP contribution >= 0.6 is 0 Å². The fourth-order valence-corrected chi connectivity index (χ4v) is 4.29. The van der Waals surface area contributed by atoms with Crippen molar-refractivity contribution < 1.29 is 0 Å². The van der Waals surface area contributed by atoms with E-state index >= 15 is 0 Å². The lowest BCUT2D eigenvalue weighted by Gasteiger charge is -2.24. The van der Waals surface area contributed by atoms with E-state index in [2.05, 4.69) is 29.2 Å². The van der Waals surface area contributed by atoms with Gasteiger partial charge in [0.05, 0.1) is 16.9 Å². The average molecular weight is 433 g/mol. The summed E-state index contributed by atoms with van der Waals surface area (Å²) in [6.07, 6.45) is 3.52. The number of benzene rings is 3. The Hall–Kier alpha value is -4.25. The van der Waals surface area contributed by atoms with E-state index in [-0.39, 0.29) is 11.6 Å². The van der Waals surface area contributed by atoms with Crippen LogP contribution in [0.3, 0.4) is 0 Å². The molecule has 0 N–H and O–H groups in total. The zero-order chi connectivity index (χ0) is 22.8. The number of fused-ring (bicyclic) bond motifs is 1. The highest BCUT2D eigenvalue weighted by atomic mass is 16.1. The largest absolute Gasteiger partial charge is 0.345 e. The summed E-state index contributed by atoms with van der Waals surface area (Å²) in [5, 5.41) is 0.593. The van der Waals surface area contributed by atoms with Crippen molar-refractivity contribution in [1.29, 1.82) is 0 Å². The van der Waals surface area contributed by atoms with Crippen LogP contribution < -0.4 is 10.5 Å². The Kier molecular flexibility index (Phi) is 5.45. The number of pyridine rings is 1. The fraction of sp³-hybridized carbons (Fsp3) is 0.107. The quantitative estimate of drug-likeness (QED) is 0.368. The monoisotopic (exact) mass is 432 g/mol. The van der Waals surface area contributed by atoms with Gasteiger partial charge in [0.25, 0.3) is 5.56 Å². The predicted octanol–water partition coefficient (Wildman–Crippen LogP) is 5.51. The molecule has 5 rings (SSSR count). The Morgan fingerprint density at radius 3 is 2.00 bits per heavy atom. The second-order valence-corrected chi connectivity index (χ2v) is 8.02. The summed E-state index contributed by atoms with van der Waals surface area (Å²) in [6, 6.07) is 29.7. The molecule has 162 valence electrons. The van der Waals surface area contributed by atoms with E-state index in [1.54, 1.807) is 12.4 Å². The third kappa shape index (κ3) is 3.89. The number of hydrogen-bond donors (Lipinski definition) is 0. The molecular weight excluding hydrogens is 408 g/mol. The lowest BCUT2D eigenvalue weighted by atomic mass is 9.98. The molecule has 5 aromatic rings. The molecule has 0 atom stereocenters. The minimum Gasteiger partial charge on any atom is -0.345 e. The second-order valence-electron chi connectivity index (χ2n) is 8.02. The Morgan fingerprint density at radius 1 is 0.788 bits per heavy atom. The molecule has 33 heavy (non-hydrogen) atoms. The molecule has 0 fully saturated rings. The number of rotatable bonds is 5. The molecule has 0 radical (unpaired) electrons. The van der Waals surface area contributed by atoms with Crippen molar-refractivity contribution in [2.45, 2.75) is 13.0 Å². The zero-order valence-corrected chi connectivity index (χ0v) is 18.6. The van der Waals surface area contributed by atoms with E-state index < -0.39 is 0 Å². The first kappa shape index (κ1) is 20.6. The van der Waals surface area contributed by atoms with Crippen LogP contribution in [0.15, 0.2) is 108 Å². The van der Waals surface area contributed by atoms with Crippen LogP contribution in [0.1, 0.15) is 23.0 Å². The van der Waals surface area contributed by atoms with Gasteiger partial charge in [0.1, 0.15) is 5.82 Å². The van der Waals surface area contributed by atoms with Crippen molar-refractivity contribution in [3.8, 4) is 0 Å². The first-order chi connectivity index (χ1) is 16.1. The molecule has 0 aliphatic rings. The summed E-state index contributed by atoms with van der Waals surface area (Å²) in [7, 11) is 1.98. The first-order valence-electron chi connectivity index (χ1n) is 10.9. The van der Waals surface area contributed by atoms with Crippen molar-refractivity contribution in [2.24, 2.45) is 0 Å². The molecule has 0 saturated heterocycles. The van der Waals surface area contributed by atoms with E-state index in [9.17, 15) is 4.79 Å². The third-order valence-corrected chi connectivity index (χ3v) is 5.99. The molecule has 0 aliphatic carbocycles. The first-order valence-corrected chi connectivity index (χ1v) is 10.9. The van der Waals surface area contributed by atoms with Gasteiger partial charge in [-0.25, -0.2) is 4.98 Å². The number of aromatic nitrogens is 3. The molecule has 2 heterocycles. The van der Waals surface area contributed by atoms with Gasteiger partial charge < -0.3 is 4.90 Å². The number of aryl methyl sites for hydroxylation is 1. The van der Waals surface area contributed by atoms with Gasteiger partial charge in [0.2, 0.25) is 0 Å². The molecule has 0 bridgehead atoms. The van der Waals surface area contributed by atoms with Crippen LogP contribution in [-0.2, 0) is 0 Å². The molecule has 0 saturated carbocycles. The van der Waals surface area contributed by atoms with Gasteiger partial charge in [-0.1, -0.05) is 60.7 Å². The van der Waals surface area contributed by atoms with E-state index in [4.69, 9.17) is 4.98 Å². The van der Waals surface area contributed by atoms with Crippen molar-refractivity contribution in [3.63, 3.8) is 0 Å². The Morgan fingerprint density at radius 2 is 1.39 bits per heavy atom. The summed E-state index contributed by atoms with van der Waals surface area (Å²) in [4.78, 5) is 24.9. The number of hydrogen-bond acceptors (Lipinski definition) is 4. The predicted molar refractivity (Wildman–Crippen MR) is 133 cm³/mol. The van der Waals surface area contributed by atoms with Crippen LogP contribution in [0.5, 0.6) is 0 Å². The molecule has 0 unspecified atom stereocenters. The highest BCUT2D eigenvalue weighted by molar-refractivity contribution is 5.83. The smallest absolute Gasteiger partial charge is 0.262 e. The molecule has 5 nitrogen and oxygen atoms in total. The molecule has 3 aromatic carbocycles. The van der Waals surface area contributed by atoms with Crippen LogP contribution in [0, 0.1) is 6.92 Å². The Balaban J connectivity index is 1.71. The topological polar surface area (TPSA) is 51.0 Å². The van der Waals surface area contributed by atoms with Gasteiger partial charge in [-0.05, 0) is 48.4 Å². The third-order valence-electron chi connectivity index (χ3n) is 5.99. The van der Waals surface area contributed by atoms with E-state index in [1.165, 1.54) is 0 Å². The minimum absolute atomic E-state index is 0.0554. The van der Waals surface area contributed by atoms with Crippen molar-refractivity contribution in [3.05, 3.63) is 131 Å². The zero-order valence-electron chi connectivity index (χ0n) is 18.6. The van der Waals surface area contributed by atoms with E-state index in [1.807, 2.05) is 90.2 Å². The molecule has 0 amide bonds. The maximum absolute atomic E-state index is 13.9. The summed E-state index contributed by atoms with van der Waals surface area (Å²) < 4.78 is 1.81. The molecule has 0 aliphatic heterocycles. The van der Waals surface area contributed by atoms with E-state index in [0.29, 0.717) is 16.7 Å². The summed E-state index contributed by atoms with van der Waals surface area (Å²) in [6.45, 7) is 1.90. The van der Waals surface area contributed by atoms with Crippen LogP contribution in [0.25, 0.3) is 10.9 Å². The lowest BCUT2D eigenvalue weighted by molar-refractivity contribution is 0.620. The standard InChI is InChI=1S/C28H24N4O/c1-20-30-26-14-13-24(31(2)23-15-17-29-18-16-23)19-25(26)28(33)32(20)27(21-9-5-3-6-10-21)22-11-7-4-8-12-22/h3-19,27H,1-2H3. The minimum atomic E-state index is -0.265. The van der Waals surface area contributed by atoms with E-state index in [0.717, 1.165) is 22.5 Å². The average Bonchev–Trinajstić information content (AvgIpc) is 2.87. The number of anilines is 2. The lowest BCUT2D eigenvalue weighted by Crippen LogP contribution is -2.29. The molecule has 2 aromatic heterocycles. The maximum atomic E-state index is 13.9. The van der Waals surface area contributed by atoms with Crippen molar-refractivity contribution in [1.82, 2.24) is 14.5 Å². The molecular formula is C28H24N4O. The van der Waals surface area contributed by atoms with Gasteiger partial charge in [-0.15, -0.1) is 0 Å². The Bertz CT molecular complexity index is 1410. The fourth-order valence-electron chi connectivity index (χ4n) is 4.29. The van der Waals surface area contributed by atoms with Gasteiger partial charge in [0, 0.05) is 30.8 Å². The highest BCUT2D eigenvalue weighted by Crippen LogP contribution is 2.29. The highest BCUT2D eigenvalue weighted by Gasteiger charge is 2.21. The summed E-state index contributed by atoms with van der Waals surface area (Å²) in [5.41, 5.74) is 4.64. The van der Waals surface area contributed by atoms with Gasteiger partial charge in [0.15, 0.2) is 0 Å². The maximum Gasteiger partial charge on any atom is 0.262 e. The Labute approximate surface area is 192 Å². The van der Waals surface area contributed by atoms with Gasteiger partial charge >= 0.3 is 0 Å².